The standard InChI is InChI=1S/C2H4Br2.CCl4/c1-2(3)4;2-1(3,4)5/h2H,1H3;. The van der Waals surface area contributed by atoms with Gasteiger partial charge in [0.05, 0.1) is 3.74 Å². The van der Waals surface area contributed by atoms with Crippen molar-refractivity contribution in [2.24, 2.45) is 0 Å². The molecule has 6 heteroatoms. The Balaban J connectivity index is 0. The van der Waals surface area contributed by atoms with E-state index in [1.54, 1.807) is 0 Å². The zero-order valence-corrected chi connectivity index (χ0v) is 10.5. The molecule has 0 spiro atoms. The first-order valence-electron chi connectivity index (χ1n) is 1.77. The molecule has 0 amide bonds. The molecule has 0 atom stereocenters. The minimum atomic E-state index is -1.61. The summed E-state index contributed by atoms with van der Waals surface area (Å²) in [5.41, 5.74) is 0. The van der Waals surface area contributed by atoms with E-state index in [9.17, 15) is 0 Å². The van der Waals surface area contributed by atoms with Crippen LogP contribution in [0.1, 0.15) is 6.92 Å². The quantitative estimate of drug-likeness (QED) is 0.561. The molecule has 0 aliphatic rings. The average molecular weight is 342 g/mol. The largest absolute Gasteiger partial charge is 0.266 e. The van der Waals surface area contributed by atoms with Gasteiger partial charge in [-0.25, -0.2) is 0 Å². The highest BCUT2D eigenvalue weighted by Gasteiger charge is 2.11. The molecule has 0 aliphatic carbocycles. The number of hydrogen-bond donors (Lipinski definition) is 0. The van der Waals surface area contributed by atoms with E-state index in [-0.39, 0.29) is 0 Å². The van der Waals surface area contributed by atoms with Crippen molar-refractivity contribution in [1.82, 2.24) is 0 Å². The van der Waals surface area contributed by atoms with Crippen LogP contribution < -0.4 is 0 Å². The van der Waals surface area contributed by atoms with E-state index in [1.165, 1.54) is 0 Å². The van der Waals surface area contributed by atoms with E-state index in [2.05, 4.69) is 31.9 Å². The molecule has 0 aromatic carbocycles. The number of rotatable bonds is 0. The van der Waals surface area contributed by atoms with Gasteiger partial charge in [0.15, 0.2) is 0 Å². The van der Waals surface area contributed by atoms with Crippen molar-refractivity contribution in [2.75, 3.05) is 0 Å². The lowest BCUT2D eigenvalue weighted by molar-refractivity contribution is 1.48. The molecule has 0 rings (SSSR count). The van der Waals surface area contributed by atoms with Crippen LogP contribution in [-0.2, 0) is 0 Å². The summed E-state index contributed by atoms with van der Waals surface area (Å²) in [7, 11) is 0. The lowest BCUT2D eigenvalue weighted by Crippen LogP contribution is -1.81. The third-order valence-electron chi connectivity index (χ3n) is 0. The normalized spacial score (nSPS) is 10.7. The van der Waals surface area contributed by atoms with Crippen LogP contribution in [0.15, 0.2) is 0 Å². The molecule has 0 aromatic rings. The van der Waals surface area contributed by atoms with E-state index in [1.807, 2.05) is 6.92 Å². The third kappa shape index (κ3) is 148. The van der Waals surface area contributed by atoms with Gasteiger partial charge in [-0.3, -0.25) is 0 Å². The van der Waals surface area contributed by atoms with E-state index in [0.717, 1.165) is 0 Å². The number of hydrogen-bond acceptors (Lipinski definition) is 0. The summed E-state index contributed by atoms with van der Waals surface area (Å²) in [5.74, 6) is 0. The van der Waals surface area contributed by atoms with Crippen LogP contribution in [0.5, 0.6) is 0 Å². The fraction of sp³-hybridized carbons (Fsp3) is 1.00. The van der Waals surface area contributed by atoms with Gasteiger partial charge in [0.1, 0.15) is 0 Å². The third-order valence-corrected chi connectivity index (χ3v) is 0. The maximum atomic E-state index is 4.83. The topological polar surface area (TPSA) is 0 Å². The van der Waals surface area contributed by atoms with Crippen molar-refractivity contribution < 1.29 is 0 Å². The zero-order chi connectivity index (χ0) is 8.08. The van der Waals surface area contributed by atoms with Crippen molar-refractivity contribution in [3.05, 3.63) is 0 Å². The van der Waals surface area contributed by atoms with Crippen LogP contribution >= 0.6 is 78.3 Å². The predicted molar refractivity (Wildman–Crippen MR) is 53.5 cm³/mol. The lowest BCUT2D eigenvalue weighted by Gasteiger charge is -1.91. The molecule has 0 aliphatic heterocycles. The molecule has 0 fully saturated rings. The number of alkyl halides is 6. The first-order valence-corrected chi connectivity index (χ1v) is 5.11. The molecule has 0 radical (unpaired) electrons. The van der Waals surface area contributed by atoms with E-state index < -0.39 is 3.25 Å². The molecule has 0 nitrogen and oxygen atoms in total. The minimum absolute atomic E-state index is 0.458. The van der Waals surface area contributed by atoms with Crippen molar-refractivity contribution in [3.63, 3.8) is 0 Å². The van der Waals surface area contributed by atoms with Crippen molar-refractivity contribution in [2.45, 2.75) is 13.9 Å². The Morgan fingerprint density at radius 1 is 1.11 bits per heavy atom. The molecule has 0 saturated carbocycles. The van der Waals surface area contributed by atoms with Crippen LogP contribution in [0.4, 0.5) is 0 Å². The average Bonchev–Trinajstić information content (AvgIpc) is 1.19. The molecule has 9 heavy (non-hydrogen) atoms. The Kier molecular flexibility index (Phi) is 10.4. The van der Waals surface area contributed by atoms with Crippen LogP contribution in [0.2, 0.25) is 0 Å². The molecule has 0 aromatic heterocycles. The molecule has 0 N–H and O–H groups in total. The van der Waals surface area contributed by atoms with Crippen molar-refractivity contribution >= 4 is 78.3 Å². The lowest BCUT2D eigenvalue weighted by atomic mass is 11.0. The smallest absolute Gasteiger partial charge is 0.0768 e. The van der Waals surface area contributed by atoms with Crippen LogP contribution in [0.25, 0.3) is 0 Å². The molecule has 0 saturated heterocycles. The second-order valence-electron chi connectivity index (χ2n) is 0.947. The van der Waals surface area contributed by atoms with Gasteiger partial charge in [0.25, 0.3) is 3.25 Å². The fourth-order valence-corrected chi connectivity index (χ4v) is 0. The molecular weight excluding hydrogens is 338 g/mol. The van der Waals surface area contributed by atoms with Gasteiger partial charge in [-0.2, -0.15) is 0 Å². The summed E-state index contributed by atoms with van der Waals surface area (Å²) in [5, 5.41) is 0. The van der Waals surface area contributed by atoms with Gasteiger partial charge < -0.3 is 0 Å². The van der Waals surface area contributed by atoms with E-state index in [4.69, 9.17) is 46.4 Å². The van der Waals surface area contributed by atoms with Crippen LogP contribution in [0.3, 0.4) is 0 Å². The van der Waals surface area contributed by atoms with Gasteiger partial charge in [0, 0.05) is 0 Å². The molecule has 0 unspecified atom stereocenters. The van der Waals surface area contributed by atoms with Crippen molar-refractivity contribution in [1.29, 1.82) is 0 Å². The second-order valence-corrected chi connectivity index (χ2v) is 8.35. The highest BCUT2D eigenvalue weighted by Crippen LogP contribution is 2.29. The van der Waals surface area contributed by atoms with Gasteiger partial charge in [-0.1, -0.05) is 78.3 Å². The highest BCUT2D eigenvalue weighted by atomic mass is 79.9. The van der Waals surface area contributed by atoms with Crippen LogP contribution in [-0.4, -0.2) is 6.99 Å². The Morgan fingerprint density at radius 2 is 1.11 bits per heavy atom. The summed E-state index contributed by atoms with van der Waals surface area (Å²) in [6, 6.07) is 0. The zero-order valence-electron chi connectivity index (χ0n) is 4.35. The Hall–Kier alpha value is 2.12. The van der Waals surface area contributed by atoms with Gasteiger partial charge in [0.2, 0.25) is 0 Å². The first-order chi connectivity index (χ1) is 3.73. The summed E-state index contributed by atoms with van der Waals surface area (Å²) >= 11 is 25.7. The second kappa shape index (κ2) is 6.81. The van der Waals surface area contributed by atoms with Crippen LogP contribution in [0, 0.1) is 0 Å². The van der Waals surface area contributed by atoms with Gasteiger partial charge in [-0.05, 0) is 6.92 Å². The Morgan fingerprint density at radius 3 is 1.11 bits per heavy atom. The summed E-state index contributed by atoms with van der Waals surface area (Å²) in [6.07, 6.45) is 0. The minimum Gasteiger partial charge on any atom is -0.0768 e. The SMILES string of the molecule is CC(Br)Br.ClC(Cl)(Cl)Cl. The van der Waals surface area contributed by atoms with Gasteiger partial charge >= 0.3 is 0 Å². The Labute approximate surface area is 91.4 Å². The molecule has 58 valence electrons. The van der Waals surface area contributed by atoms with Gasteiger partial charge in [-0.15, -0.1) is 0 Å². The number of halogens is 6. The molecule has 0 bridgehead atoms. The fourth-order valence-electron chi connectivity index (χ4n) is 0. The predicted octanol–water partition coefficient (Wildman–Crippen LogP) is 4.68. The summed E-state index contributed by atoms with van der Waals surface area (Å²) < 4.78 is -1.15. The monoisotopic (exact) mass is 338 g/mol. The van der Waals surface area contributed by atoms with E-state index >= 15 is 0 Å². The Bertz CT molecular complexity index is 50.6. The highest BCUT2D eigenvalue weighted by molar-refractivity contribution is 9.24. The first kappa shape index (κ1) is 13.7. The maximum absolute atomic E-state index is 4.83. The summed E-state index contributed by atoms with van der Waals surface area (Å²) in [6.45, 7) is 2.00. The molecular formula is C3H4Br2Cl4. The maximum Gasteiger partial charge on any atom is 0.266 e. The molecule has 0 heterocycles. The van der Waals surface area contributed by atoms with Crippen molar-refractivity contribution in [3.8, 4) is 0 Å². The van der Waals surface area contributed by atoms with E-state index in [0.29, 0.717) is 3.74 Å². The summed E-state index contributed by atoms with van der Waals surface area (Å²) in [4.78, 5) is 0.